The van der Waals surface area contributed by atoms with Gasteiger partial charge in [0.1, 0.15) is 11.2 Å². The zero-order valence-corrected chi connectivity index (χ0v) is 13.1. The first-order chi connectivity index (χ1) is 11.1. The third-order valence-corrected chi connectivity index (χ3v) is 3.91. The van der Waals surface area contributed by atoms with Crippen molar-refractivity contribution in [1.29, 1.82) is 0 Å². The van der Waals surface area contributed by atoms with Gasteiger partial charge in [-0.05, 0) is 35.7 Å². The molecule has 0 fully saturated rings. The third kappa shape index (κ3) is 3.51. The van der Waals surface area contributed by atoms with Gasteiger partial charge in [-0.15, -0.1) is 11.3 Å². The first-order valence-corrected chi connectivity index (χ1v) is 7.73. The smallest absolute Gasteiger partial charge is 0.225 e. The van der Waals surface area contributed by atoms with Crippen molar-refractivity contribution in [3.63, 3.8) is 0 Å². The quantitative estimate of drug-likeness (QED) is 0.729. The van der Waals surface area contributed by atoms with Gasteiger partial charge >= 0.3 is 0 Å². The van der Waals surface area contributed by atoms with Gasteiger partial charge < -0.3 is 10.1 Å². The molecule has 3 aromatic rings. The highest BCUT2D eigenvalue weighted by molar-refractivity contribution is 7.16. The number of carbonyl (C=O) groups excluding carboxylic acids is 2. The van der Waals surface area contributed by atoms with Crippen LogP contribution in [0.4, 0.5) is 5.69 Å². The molecule has 1 amide bonds. The molecule has 23 heavy (non-hydrogen) atoms. The molecule has 0 atom stereocenters. The standard InChI is InChI=1S/C16H13N3O3S/c1-10(20)19-12-4-2-11(3-5-12)14(21)8-22-15-13-6-7-23-16(13)18-9-17-15/h2-7,9H,8H2,1H3,(H,19,20). The highest BCUT2D eigenvalue weighted by atomic mass is 32.1. The lowest BCUT2D eigenvalue weighted by molar-refractivity contribution is -0.114. The molecular weight excluding hydrogens is 314 g/mol. The van der Waals surface area contributed by atoms with E-state index in [1.54, 1.807) is 24.3 Å². The van der Waals surface area contributed by atoms with Gasteiger partial charge in [-0.1, -0.05) is 0 Å². The Labute approximate surface area is 136 Å². The number of nitrogens with zero attached hydrogens (tertiary/aromatic N) is 2. The van der Waals surface area contributed by atoms with Crippen molar-refractivity contribution >= 4 is 38.9 Å². The van der Waals surface area contributed by atoms with Crippen LogP contribution in [0.5, 0.6) is 5.88 Å². The number of hydrogen-bond acceptors (Lipinski definition) is 6. The van der Waals surface area contributed by atoms with Gasteiger partial charge in [0.25, 0.3) is 0 Å². The minimum Gasteiger partial charge on any atom is -0.469 e. The van der Waals surface area contributed by atoms with Crippen molar-refractivity contribution < 1.29 is 14.3 Å². The van der Waals surface area contributed by atoms with Crippen LogP contribution in [0.1, 0.15) is 17.3 Å². The van der Waals surface area contributed by atoms with E-state index in [0.717, 1.165) is 10.2 Å². The first-order valence-electron chi connectivity index (χ1n) is 6.85. The van der Waals surface area contributed by atoms with E-state index in [0.29, 0.717) is 17.1 Å². The van der Waals surface area contributed by atoms with Crippen molar-refractivity contribution in [1.82, 2.24) is 9.97 Å². The number of thiophene rings is 1. The molecular formula is C16H13N3O3S. The lowest BCUT2D eigenvalue weighted by atomic mass is 10.1. The molecule has 7 heteroatoms. The van der Waals surface area contributed by atoms with Crippen LogP contribution in [0.3, 0.4) is 0 Å². The average Bonchev–Trinajstić information content (AvgIpc) is 3.02. The summed E-state index contributed by atoms with van der Waals surface area (Å²) in [5, 5.41) is 5.34. The van der Waals surface area contributed by atoms with Crippen molar-refractivity contribution in [3.05, 3.63) is 47.6 Å². The summed E-state index contributed by atoms with van der Waals surface area (Å²) >= 11 is 1.49. The van der Waals surface area contributed by atoms with Crippen LogP contribution >= 0.6 is 11.3 Å². The normalized spacial score (nSPS) is 10.5. The Morgan fingerprint density at radius 3 is 2.70 bits per heavy atom. The predicted octanol–water partition coefficient (Wildman–Crippen LogP) is 2.91. The Bertz CT molecular complexity index is 858. The second kappa shape index (κ2) is 6.53. The number of Topliss-reactive ketones (excluding diaryl/α,β-unsaturated/α-hetero) is 1. The number of amides is 1. The summed E-state index contributed by atoms with van der Waals surface area (Å²) in [7, 11) is 0. The molecule has 1 N–H and O–H groups in total. The molecule has 3 rings (SSSR count). The minimum absolute atomic E-state index is 0.110. The number of carbonyl (C=O) groups is 2. The van der Waals surface area contributed by atoms with Crippen LogP contribution in [-0.4, -0.2) is 28.3 Å². The van der Waals surface area contributed by atoms with Gasteiger partial charge in [-0.3, -0.25) is 9.59 Å². The summed E-state index contributed by atoms with van der Waals surface area (Å²) in [4.78, 5) is 32.2. The fourth-order valence-corrected chi connectivity index (χ4v) is 2.77. The zero-order chi connectivity index (χ0) is 16.2. The van der Waals surface area contributed by atoms with Crippen LogP contribution in [0, 0.1) is 0 Å². The monoisotopic (exact) mass is 327 g/mol. The van der Waals surface area contributed by atoms with Crippen molar-refractivity contribution in [2.24, 2.45) is 0 Å². The van der Waals surface area contributed by atoms with Gasteiger partial charge in [0.05, 0.1) is 5.39 Å². The van der Waals surface area contributed by atoms with E-state index in [-0.39, 0.29) is 18.3 Å². The molecule has 2 heterocycles. The number of ether oxygens (including phenoxy) is 1. The molecule has 0 aliphatic rings. The molecule has 0 saturated carbocycles. The number of aromatic nitrogens is 2. The lowest BCUT2D eigenvalue weighted by Gasteiger charge is -2.06. The van der Waals surface area contributed by atoms with Gasteiger partial charge in [0.2, 0.25) is 11.8 Å². The highest BCUT2D eigenvalue weighted by Crippen LogP contribution is 2.25. The molecule has 116 valence electrons. The maximum Gasteiger partial charge on any atom is 0.225 e. The number of hydrogen-bond donors (Lipinski definition) is 1. The molecule has 0 radical (unpaired) electrons. The summed E-state index contributed by atoms with van der Waals surface area (Å²) in [5.41, 5.74) is 1.15. The van der Waals surface area contributed by atoms with Crippen LogP contribution in [0.15, 0.2) is 42.0 Å². The Morgan fingerprint density at radius 2 is 1.96 bits per heavy atom. The molecule has 6 nitrogen and oxygen atoms in total. The molecule has 0 spiro atoms. The molecule has 1 aromatic carbocycles. The summed E-state index contributed by atoms with van der Waals surface area (Å²) < 4.78 is 5.52. The van der Waals surface area contributed by atoms with Gasteiger partial charge in [-0.25, -0.2) is 9.97 Å². The van der Waals surface area contributed by atoms with Crippen LogP contribution in [0.2, 0.25) is 0 Å². The Morgan fingerprint density at radius 1 is 1.17 bits per heavy atom. The fourth-order valence-electron chi connectivity index (χ4n) is 2.04. The van der Waals surface area contributed by atoms with Crippen molar-refractivity contribution in [3.8, 4) is 5.88 Å². The Hall–Kier alpha value is -2.80. The van der Waals surface area contributed by atoms with E-state index in [4.69, 9.17) is 4.74 Å². The van der Waals surface area contributed by atoms with Crippen LogP contribution in [-0.2, 0) is 4.79 Å². The highest BCUT2D eigenvalue weighted by Gasteiger charge is 2.10. The van der Waals surface area contributed by atoms with Gasteiger partial charge in [-0.2, -0.15) is 0 Å². The van der Waals surface area contributed by atoms with Gasteiger partial charge in [0.15, 0.2) is 12.4 Å². The lowest BCUT2D eigenvalue weighted by Crippen LogP contribution is -2.12. The second-order valence-corrected chi connectivity index (χ2v) is 5.68. The summed E-state index contributed by atoms with van der Waals surface area (Å²) in [6.45, 7) is 1.32. The maximum absolute atomic E-state index is 12.2. The average molecular weight is 327 g/mol. The Kier molecular flexibility index (Phi) is 4.29. The number of benzene rings is 1. The first kappa shape index (κ1) is 15.1. The molecule has 0 unspecified atom stereocenters. The number of anilines is 1. The fraction of sp³-hybridized carbons (Fsp3) is 0.125. The topological polar surface area (TPSA) is 81.2 Å². The van der Waals surface area contributed by atoms with E-state index in [9.17, 15) is 9.59 Å². The molecule has 0 bridgehead atoms. The zero-order valence-electron chi connectivity index (χ0n) is 12.3. The minimum atomic E-state index is -0.165. The van der Waals surface area contributed by atoms with Crippen molar-refractivity contribution in [2.75, 3.05) is 11.9 Å². The van der Waals surface area contributed by atoms with E-state index in [1.807, 2.05) is 11.4 Å². The number of rotatable bonds is 5. The Balaban J connectivity index is 1.67. The molecule has 2 aromatic heterocycles. The number of fused-ring (bicyclic) bond motifs is 1. The summed E-state index contributed by atoms with van der Waals surface area (Å²) in [5.74, 6) is 0.0804. The maximum atomic E-state index is 12.2. The predicted molar refractivity (Wildman–Crippen MR) is 88.0 cm³/mol. The molecule has 0 saturated heterocycles. The van der Waals surface area contributed by atoms with E-state index < -0.39 is 0 Å². The van der Waals surface area contributed by atoms with Crippen LogP contribution in [0.25, 0.3) is 10.2 Å². The largest absolute Gasteiger partial charge is 0.469 e. The number of ketones is 1. The van der Waals surface area contributed by atoms with E-state index in [2.05, 4.69) is 15.3 Å². The summed E-state index contributed by atoms with van der Waals surface area (Å²) in [6, 6.07) is 8.52. The third-order valence-electron chi connectivity index (χ3n) is 3.09. The number of nitrogens with one attached hydrogen (secondary N) is 1. The van der Waals surface area contributed by atoms with Crippen LogP contribution < -0.4 is 10.1 Å². The second-order valence-electron chi connectivity index (χ2n) is 4.79. The SMILES string of the molecule is CC(=O)Nc1ccc(C(=O)COc2ncnc3sccc23)cc1. The van der Waals surface area contributed by atoms with Gasteiger partial charge in [0, 0.05) is 18.2 Å². The molecule has 0 aliphatic carbocycles. The molecule has 0 aliphatic heterocycles. The van der Waals surface area contributed by atoms with E-state index in [1.165, 1.54) is 24.6 Å². The van der Waals surface area contributed by atoms with Crippen molar-refractivity contribution in [2.45, 2.75) is 6.92 Å². The summed E-state index contributed by atoms with van der Waals surface area (Å²) in [6.07, 6.45) is 1.42. The van der Waals surface area contributed by atoms with E-state index >= 15 is 0 Å².